The maximum Gasteiger partial charge on any atom is 0.308 e. The molecule has 1 fully saturated rings. The van der Waals surface area contributed by atoms with Crippen LogP contribution in [0.2, 0.25) is 0 Å². The second-order valence-corrected chi connectivity index (χ2v) is 7.95. The number of thioether (sulfide) groups is 2. The largest absolute Gasteiger partial charge is 0.481 e. The van der Waals surface area contributed by atoms with Gasteiger partial charge in [0.25, 0.3) is 5.91 Å². The summed E-state index contributed by atoms with van der Waals surface area (Å²) in [6.45, 7) is 2.12. The van der Waals surface area contributed by atoms with Gasteiger partial charge in [-0.25, -0.2) is 0 Å². The van der Waals surface area contributed by atoms with Crippen molar-refractivity contribution in [3.05, 3.63) is 35.4 Å². The molecule has 0 aliphatic carbocycles. The average Bonchev–Trinajstić information content (AvgIpc) is 3.05. The van der Waals surface area contributed by atoms with Crippen molar-refractivity contribution in [2.45, 2.75) is 24.3 Å². The molecule has 1 saturated heterocycles. The Labute approximate surface area is 139 Å². The monoisotopic (exact) mass is 339 g/mol. The van der Waals surface area contributed by atoms with E-state index in [9.17, 15) is 9.59 Å². The number of benzene rings is 1. The van der Waals surface area contributed by atoms with Gasteiger partial charge in [0.1, 0.15) is 0 Å². The maximum atomic E-state index is 12.1. The normalized spacial score (nSPS) is 16.4. The lowest BCUT2D eigenvalue weighted by atomic mass is 10.0. The summed E-state index contributed by atoms with van der Waals surface area (Å²) in [5.41, 5.74) is 1.82. The molecule has 1 aromatic rings. The van der Waals surface area contributed by atoms with Gasteiger partial charge in [-0.1, -0.05) is 25.5 Å². The van der Waals surface area contributed by atoms with Gasteiger partial charge in [0, 0.05) is 23.6 Å². The number of nitrogens with one attached hydrogen (secondary N) is 1. The number of carboxylic acids is 1. The Morgan fingerprint density at radius 1 is 1.27 bits per heavy atom. The van der Waals surface area contributed by atoms with E-state index in [0.29, 0.717) is 16.6 Å². The third-order valence-corrected chi connectivity index (χ3v) is 6.67. The van der Waals surface area contributed by atoms with Gasteiger partial charge in [0.15, 0.2) is 0 Å². The molecule has 0 radical (unpaired) electrons. The molecule has 120 valence electrons. The maximum absolute atomic E-state index is 12.1. The van der Waals surface area contributed by atoms with Crippen molar-refractivity contribution in [1.29, 1.82) is 0 Å². The van der Waals surface area contributed by atoms with Gasteiger partial charge in [-0.3, -0.25) is 9.59 Å². The fraction of sp³-hybridized carbons (Fsp3) is 0.500. The van der Waals surface area contributed by atoms with E-state index in [0.717, 1.165) is 6.42 Å². The molecular formula is C16H21NO3S2. The van der Waals surface area contributed by atoms with E-state index in [4.69, 9.17) is 5.11 Å². The van der Waals surface area contributed by atoms with Crippen molar-refractivity contribution in [1.82, 2.24) is 5.32 Å². The Morgan fingerprint density at radius 2 is 1.91 bits per heavy atom. The Balaban J connectivity index is 1.90. The molecule has 0 aromatic heterocycles. The van der Waals surface area contributed by atoms with E-state index < -0.39 is 11.9 Å². The van der Waals surface area contributed by atoms with Crippen LogP contribution >= 0.6 is 23.5 Å². The first-order valence-electron chi connectivity index (χ1n) is 7.46. The number of rotatable bonds is 7. The van der Waals surface area contributed by atoms with Crippen LogP contribution in [0, 0.1) is 5.92 Å². The molecule has 1 amide bonds. The van der Waals surface area contributed by atoms with Gasteiger partial charge >= 0.3 is 5.97 Å². The fourth-order valence-electron chi connectivity index (χ4n) is 2.32. The minimum atomic E-state index is -0.854. The molecule has 6 heteroatoms. The smallest absolute Gasteiger partial charge is 0.308 e. The lowest BCUT2D eigenvalue weighted by Gasteiger charge is -2.13. The van der Waals surface area contributed by atoms with Gasteiger partial charge in [-0.2, -0.15) is 0 Å². The predicted octanol–water partition coefficient (Wildman–Crippen LogP) is 3.40. The summed E-state index contributed by atoms with van der Waals surface area (Å²) in [5, 5.41) is 11.8. The number of amides is 1. The molecule has 1 aliphatic heterocycles. The van der Waals surface area contributed by atoms with Crippen molar-refractivity contribution in [3.63, 3.8) is 0 Å². The highest BCUT2D eigenvalue weighted by Crippen LogP contribution is 2.45. The Morgan fingerprint density at radius 3 is 2.45 bits per heavy atom. The summed E-state index contributed by atoms with van der Waals surface area (Å²) in [6.07, 6.45) is 1.36. The van der Waals surface area contributed by atoms with Gasteiger partial charge in [-0.15, -0.1) is 23.5 Å². The number of aliphatic carboxylic acids is 1. The van der Waals surface area contributed by atoms with E-state index in [2.05, 4.69) is 5.32 Å². The topological polar surface area (TPSA) is 66.4 Å². The summed E-state index contributed by atoms with van der Waals surface area (Å²) in [5.74, 6) is 0.768. The lowest BCUT2D eigenvalue weighted by molar-refractivity contribution is -0.141. The number of hydrogen-bond donors (Lipinski definition) is 2. The van der Waals surface area contributed by atoms with Gasteiger partial charge in [-0.05, 0) is 24.1 Å². The first-order valence-corrected chi connectivity index (χ1v) is 9.55. The Kier molecular flexibility index (Phi) is 6.64. The van der Waals surface area contributed by atoms with E-state index in [1.807, 2.05) is 54.7 Å². The molecule has 1 unspecified atom stereocenters. The van der Waals surface area contributed by atoms with Crippen LogP contribution in [0.15, 0.2) is 24.3 Å². The minimum Gasteiger partial charge on any atom is -0.481 e. The highest BCUT2D eigenvalue weighted by atomic mass is 32.2. The zero-order valence-electron chi connectivity index (χ0n) is 12.6. The first-order chi connectivity index (χ1) is 10.6. The van der Waals surface area contributed by atoms with Crippen molar-refractivity contribution >= 4 is 35.4 Å². The van der Waals surface area contributed by atoms with Crippen molar-refractivity contribution in [2.75, 3.05) is 18.1 Å². The molecule has 0 saturated carbocycles. The van der Waals surface area contributed by atoms with Crippen molar-refractivity contribution < 1.29 is 14.7 Å². The third-order valence-electron chi connectivity index (χ3n) is 3.56. The molecule has 4 nitrogen and oxygen atoms in total. The molecule has 0 spiro atoms. The number of carboxylic acid groups (broad SMARTS) is 1. The van der Waals surface area contributed by atoms with Crippen LogP contribution in [0.4, 0.5) is 0 Å². The minimum absolute atomic E-state index is 0.179. The molecule has 1 aliphatic rings. The molecular weight excluding hydrogens is 318 g/mol. The highest BCUT2D eigenvalue weighted by molar-refractivity contribution is 8.19. The number of carbonyl (C=O) groups is 2. The Bertz CT molecular complexity index is 513. The van der Waals surface area contributed by atoms with E-state index in [-0.39, 0.29) is 12.5 Å². The molecule has 1 atom stereocenters. The lowest BCUT2D eigenvalue weighted by Crippen LogP contribution is -2.32. The molecule has 2 N–H and O–H groups in total. The van der Waals surface area contributed by atoms with Crippen LogP contribution < -0.4 is 5.32 Å². The second-order valence-electron chi connectivity index (χ2n) is 5.23. The second kappa shape index (κ2) is 8.48. The molecule has 22 heavy (non-hydrogen) atoms. The highest BCUT2D eigenvalue weighted by Gasteiger charge is 2.20. The van der Waals surface area contributed by atoms with Crippen molar-refractivity contribution in [2.24, 2.45) is 5.92 Å². The summed E-state index contributed by atoms with van der Waals surface area (Å²) in [6, 6.07) is 7.62. The summed E-state index contributed by atoms with van der Waals surface area (Å²) < 4.78 is 0.470. The van der Waals surface area contributed by atoms with Crippen LogP contribution in [0.5, 0.6) is 0 Å². The van der Waals surface area contributed by atoms with E-state index in [1.165, 1.54) is 17.1 Å². The summed E-state index contributed by atoms with van der Waals surface area (Å²) in [7, 11) is 0. The SMILES string of the molecule is CCCC(CNC(=O)c1ccc(C2SCCS2)cc1)C(=O)O. The van der Waals surface area contributed by atoms with Crippen LogP contribution in [-0.2, 0) is 4.79 Å². The predicted molar refractivity (Wildman–Crippen MR) is 92.5 cm³/mol. The van der Waals surface area contributed by atoms with Crippen molar-refractivity contribution in [3.8, 4) is 0 Å². The number of carbonyl (C=O) groups excluding carboxylic acids is 1. The first kappa shape index (κ1) is 17.2. The van der Waals surface area contributed by atoms with Crippen LogP contribution in [0.3, 0.4) is 0 Å². The van der Waals surface area contributed by atoms with Gasteiger partial charge in [0.2, 0.25) is 0 Å². The zero-order chi connectivity index (χ0) is 15.9. The summed E-state index contributed by atoms with van der Waals surface area (Å²) in [4.78, 5) is 23.2. The zero-order valence-corrected chi connectivity index (χ0v) is 14.2. The van der Waals surface area contributed by atoms with Crippen LogP contribution in [-0.4, -0.2) is 35.0 Å². The van der Waals surface area contributed by atoms with Crippen LogP contribution in [0.1, 0.15) is 40.3 Å². The van der Waals surface area contributed by atoms with Crippen LogP contribution in [0.25, 0.3) is 0 Å². The molecule has 2 rings (SSSR count). The molecule has 1 aromatic carbocycles. The number of hydrogen-bond acceptors (Lipinski definition) is 4. The van der Waals surface area contributed by atoms with E-state index in [1.54, 1.807) is 0 Å². The molecule has 0 bridgehead atoms. The van der Waals surface area contributed by atoms with Gasteiger partial charge < -0.3 is 10.4 Å². The third kappa shape index (κ3) is 4.68. The van der Waals surface area contributed by atoms with Gasteiger partial charge in [0.05, 0.1) is 10.5 Å². The quantitative estimate of drug-likeness (QED) is 0.797. The fourth-order valence-corrected chi connectivity index (χ4v) is 5.18. The summed E-state index contributed by atoms with van der Waals surface area (Å²) >= 11 is 3.86. The standard InChI is InChI=1S/C16H21NO3S2/c1-2-3-13(15(19)20)10-17-14(18)11-4-6-12(7-5-11)16-21-8-9-22-16/h4-7,13,16H,2-3,8-10H2,1H3,(H,17,18)(H,19,20). The Hall–Kier alpha value is -1.14. The van der Waals surface area contributed by atoms with E-state index >= 15 is 0 Å². The average molecular weight is 339 g/mol. The molecule has 1 heterocycles.